The molecule has 0 bridgehead atoms. The fourth-order valence-corrected chi connectivity index (χ4v) is 2.52. The van der Waals surface area contributed by atoms with Gasteiger partial charge in [0.05, 0.1) is 35.6 Å². The molecule has 0 atom stereocenters. The lowest BCUT2D eigenvalue weighted by Crippen LogP contribution is -2.13. The molecule has 0 amide bonds. The Bertz CT molecular complexity index is 1020. The first-order valence-electron chi connectivity index (χ1n) is 8.62. The fourth-order valence-electron chi connectivity index (χ4n) is 2.37. The highest BCUT2D eigenvalue weighted by Gasteiger charge is 2.14. The van der Waals surface area contributed by atoms with Gasteiger partial charge in [0.15, 0.2) is 5.82 Å². The van der Waals surface area contributed by atoms with Gasteiger partial charge in [0.1, 0.15) is 18.0 Å². The lowest BCUT2D eigenvalue weighted by molar-refractivity contribution is -0.145. The van der Waals surface area contributed by atoms with Crippen LogP contribution >= 0.6 is 11.6 Å². The van der Waals surface area contributed by atoms with Crippen molar-refractivity contribution in [1.82, 2.24) is 20.0 Å². The smallest absolute Gasteiger partial charge is 0.313 e. The molecule has 0 radical (unpaired) electrons. The lowest BCUT2D eigenvalue weighted by atomic mass is 10.2. The minimum atomic E-state index is -0.674. The van der Waals surface area contributed by atoms with E-state index in [2.05, 4.69) is 15.2 Å². The van der Waals surface area contributed by atoms with Crippen molar-refractivity contribution in [3.05, 3.63) is 59.3 Å². The molecule has 29 heavy (non-hydrogen) atoms. The SMILES string of the molecule is CCOC(=O)CC(=O)Cc1cnn(-c2ccc(Oc3ncc(Cl)cc3F)cc2)n1. The van der Waals surface area contributed by atoms with Crippen molar-refractivity contribution in [2.45, 2.75) is 19.8 Å². The van der Waals surface area contributed by atoms with Crippen LogP contribution in [0.15, 0.2) is 42.7 Å². The van der Waals surface area contributed by atoms with Crippen molar-refractivity contribution in [2.75, 3.05) is 6.61 Å². The topological polar surface area (TPSA) is 96.2 Å². The molecule has 8 nitrogen and oxygen atoms in total. The predicted molar refractivity (Wildman–Crippen MR) is 101 cm³/mol. The second kappa shape index (κ2) is 9.24. The zero-order valence-corrected chi connectivity index (χ0v) is 16.1. The number of pyridine rings is 1. The van der Waals surface area contributed by atoms with Crippen molar-refractivity contribution < 1.29 is 23.5 Å². The van der Waals surface area contributed by atoms with Crippen LogP contribution in [0.4, 0.5) is 4.39 Å². The number of rotatable bonds is 8. The van der Waals surface area contributed by atoms with Gasteiger partial charge in [-0.1, -0.05) is 11.6 Å². The van der Waals surface area contributed by atoms with E-state index in [-0.39, 0.29) is 36.1 Å². The van der Waals surface area contributed by atoms with E-state index in [0.29, 0.717) is 17.1 Å². The van der Waals surface area contributed by atoms with E-state index in [1.165, 1.54) is 17.2 Å². The normalized spacial score (nSPS) is 10.6. The molecule has 0 aliphatic rings. The zero-order chi connectivity index (χ0) is 20.8. The van der Waals surface area contributed by atoms with Crippen LogP contribution in [0, 0.1) is 5.82 Å². The first-order valence-corrected chi connectivity index (χ1v) is 9.00. The van der Waals surface area contributed by atoms with E-state index in [9.17, 15) is 14.0 Å². The van der Waals surface area contributed by atoms with Gasteiger partial charge in [0.25, 0.3) is 5.88 Å². The summed E-state index contributed by atoms with van der Waals surface area (Å²) < 4.78 is 23.9. The number of hydrogen-bond acceptors (Lipinski definition) is 7. The average molecular weight is 419 g/mol. The highest BCUT2D eigenvalue weighted by Crippen LogP contribution is 2.24. The minimum Gasteiger partial charge on any atom is -0.466 e. The molecule has 0 fully saturated rings. The van der Waals surface area contributed by atoms with E-state index in [4.69, 9.17) is 21.1 Å². The number of esters is 1. The van der Waals surface area contributed by atoms with E-state index >= 15 is 0 Å². The summed E-state index contributed by atoms with van der Waals surface area (Å²) in [5.41, 5.74) is 1.03. The van der Waals surface area contributed by atoms with Gasteiger partial charge in [-0.15, -0.1) is 0 Å². The van der Waals surface area contributed by atoms with E-state index in [1.54, 1.807) is 31.2 Å². The number of aromatic nitrogens is 4. The summed E-state index contributed by atoms with van der Waals surface area (Å²) in [5.74, 6) is -1.38. The summed E-state index contributed by atoms with van der Waals surface area (Å²) in [7, 11) is 0. The molecule has 0 unspecified atom stereocenters. The Morgan fingerprint density at radius 1 is 1.21 bits per heavy atom. The van der Waals surface area contributed by atoms with Crippen LogP contribution < -0.4 is 4.74 Å². The van der Waals surface area contributed by atoms with Crippen LogP contribution in [0.1, 0.15) is 19.0 Å². The maximum absolute atomic E-state index is 13.8. The number of benzene rings is 1. The second-order valence-corrected chi connectivity index (χ2v) is 6.30. The highest BCUT2D eigenvalue weighted by atomic mass is 35.5. The number of hydrogen-bond donors (Lipinski definition) is 0. The molecule has 1 aromatic carbocycles. The van der Waals surface area contributed by atoms with Crippen molar-refractivity contribution in [2.24, 2.45) is 0 Å². The maximum Gasteiger partial charge on any atom is 0.313 e. The van der Waals surface area contributed by atoms with Gasteiger partial charge in [-0.3, -0.25) is 9.59 Å². The number of carbonyl (C=O) groups is 2. The predicted octanol–water partition coefficient (Wildman–Crippen LogP) is 3.31. The number of nitrogens with zero attached hydrogens (tertiary/aromatic N) is 4. The van der Waals surface area contributed by atoms with Gasteiger partial charge >= 0.3 is 5.97 Å². The molecule has 0 aliphatic carbocycles. The number of ether oxygens (including phenoxy) is 2. The molecule has 10 heteroatoms. The van der Waals surface area contributed by atoms with Crippen molar-refractivity contribution >= 4 is 23.4 Å². The molecule has 0 saturated carbocycles. The van der Waals surface area contributed by atoms with Crippen LogP contribution in [0.25, 0.3) is 5.69 Å². The summed E-state index contributed by atoms with van der Waals surface area (Å²) in [6, 6.07) is 7.62. The molecule has 150 valence electrons. The summed E-state index contributed by atoms with van der Waals surface area (Å²) in [4.78, 5) is 28.3. The van der Waals surface area contributed by atoms with Gasteiger partial charge in [0, 0.05) is 6.20 Å². The Morgan fingerprint density at radius 3 is 2.66 bits per heavy atom. The lowest BCUT2D eigenvalue weighted by Gasteiger charge is -2.06. The first-order chi connectivity index (χ1) is 13.9. The van der Waals surface area contributed by atoms with Gasteiger partial charge in [-0.2, -0.15) is 15.0 Å². The molecular weight excluding hydrogens is 403 g/mol. The quantitative estimate of drug-likeness (QED) is 0.409. The molecule has 2 aromatic heterocycles. The summed E-state index contributed by atoms with van der Waals surface area (Å²) in [6.45, 7) is 1.90. The molecular formula is C19H16ClFN4O4. The Balaban J connectivity index is 1.63. The number of halogens is 2. The van der Waals surface area contributed by atoms with Crippen LogP contribution in [0.3, 0.4) is 0 Å². The fraction of sp³-hybridized carbons (Fsp3) is 0.211. The Labute approximate surface area is 170 Å². The molecule has 0 N–H and O–H groups in total. The van der Waals surface area contributed by atoms with Gasteiger partial charge in [-0.25, -0.2) is 9.37 Å². The van der Waals surface area contributed by atoms with Gasteiger partial charge in [-0.05, 0) is 37.3 Å². The van der Waals surface area contributed by atoms with Crippen LogP contribution in [-0.4, -0.2) is 38.3 Å². The molecule has 0 spiro atoms. The molecule has 3 rings (SSSR count). The van der Waals surface area contributed by atoms with Crippen molar-refractivity contribution in [3.63, 3.8) is 0 Å². The summed E-state index contributed by atoms with van der Waals surface area (Å²) >= 11 is 5.66. The first kappa shape index (κ1) is 20.4. The third-order valence-electron chi connectivity index (χ3n) is 3.62. The number of ketones is 1. The molecule has 0 saturated heterocycles. The zero-order valence-electron chi connectivity index (χ0n) is 15.3. The third kappa shape index (κ3) is 5.58. The van der Waals surface area contributed by atoms with Crippen LogP contribution in [0.5, 0.6) is 11.6 Å². The minimum absolute atomic E-state index is 0.0263. The van der Waals surface area contributed by atoms with Gasteiger partial charge < -0.3 is 9.47 Å². The summed E-state index contributed by atoms with van der Waals surface area (Å²) in [6.07, 6.45) is 2.40. The van der Waals surface area contributed by atoms with Crippen molar-refractivity contribution in [1.29, 1.82) is 0 Å². The number of Topliss-reactive ketones (excluding diaryl/α,β-unsaturated/α-hetero) is 1. The molecule has 2 heterocycles. The Kier molecular flexibility index (Phi) is 6.50. The van der Waals surface area contributed by atoms with Gasteiger partial charge in [0.2, 0.25) is 0 Å². The Hall–Kier alpha value is -3.33. The second-order valence-electron chi connectivity index (χ2n) is 5.86. The third-order valence-corrected chi connectivity index (χ3v) is 3.83. The van der Waals surface area contributed by atoms with E-state index < -0.39 is 11.8 Å². The highest BCUT2D eigenvalue weighted by molar-refractivity contribution is 6.30. The summed E-state index contributed by atoms with van der Waals surface area (Å²) in [5, 5.41) is 8.49. The molecule has 3 aromatic rings. The Morgan fingerprint density at radius 2 is 1.97 bits per heavy atom. The number of carbonyl (C=O) groups excluding carboxylic acids is 2. The standard InChI is InChI=1S/C19H16ClFN4O4/c1-2-28-18(27)9-15(26)8-13-11-23-25(24-13)14-3-5-16(6-4-14)29-19-17(21)7-12(20)10-22-19/h3-7,10-11H,2,8-9H2,1H3. The maximum atomic E-state index is 13.8. The van der Waals surface area contributed by atoms with Crippen molar-refractivity contribution in [3.8, 4) is 17.3 Å². The van der Waals surface area contributed by atoms with E-state index in [0.717, 1.165) is 6.07 Å². The monoisotopic (exact) mass is 418 g/mol. The average Bonchev–Trinajstić information content (AvgIpc) is 3.13. The molecule has 0 aliphatic heterocycles. The van der Waals surface area contributed by atoms with E-state index in [1.807, 2.05) is 0 Å². The van der Waals surface area contributed by atoms with Crippen LogP contribution in [-0.2, 0) is 20.7 Å². The largest absolute Gasteiger partial charge is 0.466 e. The van der Waals surface area contributed by atoms with Crippen LogP contribution in [0.2, 0.25) is 5.02 Å².